The van der Waals surface area contributed by atoms with E-state index in [1.54, 1.807) is 0 Å². The summed E-state index contributed by atoms with van der Waals surface area (Å²) in [6, 6.07) is 3.71. The monoisotopic (exact) mass is 661 g/mol. The van der Waals surface area contributed by atoms with Gasteiger partial charge >= 0.3 is 35.9 Å². The molecule has 252 valence electrons. The van der Waals surface area contributed by atoms with E-state index in [1.807, 2.05) is 0 Å². The van der Waals surface area contributed by atoms with Crippen LogP contribution in [0.5, 0.6) is 0 Å². The van der Waals surface area contributed by atoms with Gasteiger partial charge in [0.05, 0.1) is 17.8 Å². The molecule has 1 unspecified atom stereocenters. The van der Waals surface area contributed by atoms with E-state index < -0.39 is 91.6 Å². The van der Waals surface area contributed by atoms with E-state index in [2.05, 4.69) is 20.9 Å². The number of allylic oxidation sites excluding steroid dienone is 1. The molecule has 2 aliphatic rings. The van der Waals surface area contributed by atoms with Crippen LogP contribution in [-0.2, 0) is 59.0 Å². The first-order valence-corrected chi connectivity index (χ1v) is 14.2. The van der Waals surface area contributed by atoms with Gasteiger partial charge in [0.2, 0.25) is 0 Å². The third-order valence-corrected chi connectivity index (χ3v) is 6.83. The third-order valence-electron chi connectivity index (χ3n) is 6.83. The highest BCUT2D eigenvalue weighted by molar-refractivity contribution is 5.95. The maximum Gasteiger partial charge on any atom is 0.338 e. The Balaban J connectivity index is 1.59. The summed E-state index contributed by atoms with van der Waals surface area (Å²) in [5.41, 5.74) is 0.801. The molecule has 2 aliphatic heterocycles. The largest absolute Gasteiger partial charge is 0.463 e. The minimum absolute atomic E-state index is 0.0585. The van der Waals surface area contributed by atoms with Gasteiger partial charge in [-0.25, -0.2) is 18.7 Å². The molecule has 1 aromatic carbocycles. The van der Waals surface area contributed by atoms with Crippen LogP contribution in [0.25, 0.3) is 0 Å². The van der Waals surface area contributed by atoms with Crippen LogP contribution in [0.15, 0.2) is 41.7 Å². The van der Waals surface area contributed by atoms with Crippen molar-refractivity contribution in [1.82, 2.24) is 25.6 Å². The molecule has 17 nitrogen and oxygen atoms in total. The van der Waals surface area contributed by atoms with Crippen LogP contribution < -0.4 is 10.6 Å². The summed E-state index contributed by atoms with van der Waals surface area (Å²) < 4.78 is 47.4. The van der Waals surface area contributed by atoms with E-state index in [0.717, 1.165) is 32.4 Å². The Hall–Kier alpha value is -5.39. The summed E-state index contributed by atoms with van der Waals surface area (Å²) >= 11 is 0. The molecule has 1 saturated heterocycles. The van der Waals surface area contributed by atoms with Crippen molar-refractivity contribution in [2.75, 3.05) is 6.61 Å². The minimum atomic E-state index is -1.44. The van der Waals surface area contributed by atoms with Gasteiger partial charge in [0.15, 0.2) is 24.5 Å². The molecule has 2 N–H and O–H groups in total. The normalized spacial score (nSPS) is 23.9. The average molecular weight is 662 g/mol. The van der Waals surface area contributed by atoms with Gasteiger partial charge in [-0.05, 0) is 24.6 Å². The van der Waals surface area contributed by atoms with Crippen molar-refractivity contribution < 1.29 is 61.6 Å². The molecule has 4 rings (SSSR count). The Labute approximate surface area is 266 Å². The maximum absolute atomic E-state index is 13.5. The van der Waals surface area contributed by atoms with Crippen LogP contribution in [0.1, 0.15) is 58.1 Å². The lowest BCUT2D eigenvalue weighted by atomic mass is 9.95. The predicted molar refractivity (Wildman–Crippen MR) is 151 cm³/mol. The number of nitrogens with one attached hydrogen (secondary N) is 2. The third kappa shape index (κ3) is 8.66. The molecule has 0 radical (unpaired) electrons. The van der Waals surface area contributed by atoms with E-state index >= 15 is 0 Å². The summed E-state index contributed by atoms with van der Waals surface area (Å²) in [7, 11) is 0. The fourth-order valence-electron chi connectivity index (χ4n) is 5.01. The summed E-state index contributed by atoms with van der Waals surface area (Å²) in [4.78, 5) is 73.1. The second-order valence-electron chi connectivity index (χ2n) is 10.5. The molecule has 3 heterocycles. The number of aromatic nitrogens is 3. The first-order valence-electron chi connectivity index (χ1n) is 14.2. The number of carbonyl (C=O) groups is 6. The zero-order valence-corrected chi connectivity index (χ0v) is 25.9. The van der Waals surface area contributed by atoms with Gasteiger partial charge < -0.3 is 39.1 Å². The van der Waals surface area contributed by atoms with Crippen LogP contribution in [0.2, 0.25) is 0 Å². The lowest BCUT2D eigenvalue weighted by Crippen LogP contribution is -2.60. The van der Waals surface area contributed by atoms with E-state index in [0.29, 0.717) is 5.56 Å². The SMILES string of the molecule is CC(=O)OC[C@H]1O[C@@H](n2cc(COC(=O)C3=C(C)NC(=O)NC3c3ccc(F)cc3)nn2)[C@H](OC(C)=O)[C@@H](OC(C)=O)[C@H]1OC(C)=O. The number of hydrogen-bond donors (Lipinski definition) is 2. The molecule has 2 aromatic rings. The van der Waals surface area contributed by atoms with Crippen LogP contribution in [0.3, 0.4) is 0 Å². The first kappa shape index (κ1) is 34.5. The number of halogens is 1. The molecule has 1 aromatic heterocycles. The van der Waals surface area contributed by atoms with Gasteiger partial charge in [0, 0.05) is 33.4 Å². The number of rotatable bonds is 10. The Morgan fingerprint density at radius 2 is 1.51 bits per heavy atom. The highest BCUT2D eigenvalue weighted by Crippen LogP contribution is 2.34. The molecule has 0 aliphatic carbocycles. The van der Waals surface area contributed by atoms with Gasteiger partial charge in [-0.3, -0.25) is 19.2 Å². The molecule has 0 saturated carbocycles. The Bertz CT molecular complexity index is 1580. The number of hydrogen-bond acceptors (Lipinski definition) is 14. The highest BCUT2D eigenvalue weighted by atomic mass is 19.1. The average Bonchev–Trinajstić information content (AvgIpc) is 3.45. The van der Waals surface area contributed by atoms with Gasteiger partial charge in [-0.2, -0.15) is 0 Å². The number of nitrogens with zero attached hydrogens (tertiary/aromatic N) is 3. The molecule has 0 spiro atoms. The van der Waals surface area contributed by atoms with E-state index in [4.69, 9.17) is 28.4 Å². The topological polar surface area (TPSA) is 213 Å². The fourth-order valence-corrected chi connectivity index (χ4v) is 5.01. The van der Waals surface area contributed by atoms with Crippen molar-refractivity contribution in [3.63, 3.8) is 0 Å². The van der Waals surface area contributed by atoms with Crippen molar-refractivity contribution in [2.45, 2.75) is 77.9 Å². The van der Waals surface area contributed by atoms with Crippen LogP contribution in [-0.4, -0.2) is 81.9 Å². The second kappa shape index (κ2) is 14.8. The van der Waals surface area contributed by atoms with E-state index in [9.17, 15) is 33.2 Å². The Kier molecular flexibility index (Phi) is 10.9. The standard InChI is InChI=1S/C29H32FN5O12/c1-13-22(23(32-29(41)31-13)18-6-8-19(30)9-7-18)28(40)43-11-20-10-35(34-33-20)27-26(46-17(5)39)25(45-16(4)38)24(44-15(3)37)21(47-27)12-42-14(2)36/h6-10,21,23-27H,11-12H2,1-5H3,(H2,31,32,41)/t21-,23?,24+,25+,26-,27-/m1/s1. The van der Waals surface area contributed by atoms with Crippen molar-refractivity contribution in [3.05, 3.63) is 58.8 Å². The number of amides is 2. The lowest BCUT2D eigenvalue weighted by molar-refractivity contribution is -0.270. The number of esters is 5. The van der Waals surface area contributed by atoms with Crippen LogP contribution >= 0.6 is 0 Å². The molecule has 47 heavy (non-hydrogen) atoms. The quantitative estimate of drug-likeness (QED) is 0.269. The van der Waals surface area contributed by atoms with Crippen molar-refractivity contribution >= 4 is 35.9 Å². The fraction of sp³-hybridized carbons (Fsp3) is 0.448. The van der Waals surface area contributed by atoms with Crippen molar-refractivity contribution in [3.8, 4) is 0 Å². The lowest BCUT2D eigenvalue weighted by Gasteiger charge is -2.44. The van der Waals surface area contributed by atoms with E-state index in [-0.39, 0.29) is 17.0 Å². The summed E-state index contributed by atoms with van der Waals surface area (Å²) in [6.45, 7) is 5.07. The number of ether oxygens (including phenoxy) is 6. The summed E-state index contributed by atoms with van der Waals surface area (Å²) in [6.07, 6.45) is -5.52. The van der Waals surface area contributed by atoms with Crippen molar-refractivity contribution in [1.29, 1.82) is 0 Å². The smallest absolute Gasteiger partial charge is 0.338 e. The van der Waals surface area contributed by atoms with Gasteiger partial charge in [0.25, 0.3) is 0 Å². The van der Waals surface area contributed by atoms with Crippen LogP contribution in [0, 0.1) is 5.82 Å². The minimum Gasteiger partial charge on any atom is -0.463 e. The zero-order chi connectivity index (χ0) is 34.4. The predicted octanol–water partition coefficient (Wildman–Crippen LogP) is 1.04. The zero-order valence-electron chi connectivity index (χ0n) is 25.9. The second-order valence-corrected chi connectivity index (χ2v) is 10.5. The van der Waals surface area contributed by atoms with Gasteiger partial charge in [-0.1, -0.05) is 17.3 Å². The number of benzene rings is 1. The Morgan fingerprint density at radius 3 is 2.13 bits per heavy atom. The summed E-state index contributed by atoms with van der Waals surface area (Å²) in [5, 5.41) is 13.1. The molecular formula is C29H32FN5O12. The van der Waals surface area contributed by atoms with Crippen molar-refractivity contribution in [2.24, 2.45) is 0 Å². The molecular weight excluding hydrogens is 629 g/mol. The van der Waals surface area contributed by atoms with E-state index in [1.165, 1.54) is 37.4 Å². The highest BCUT2D eigenvalue weighted by Gasteiger charge is 2.53. The van der Waals surface area contributed by atoms with Gasteiger partial charge in [0.1, 0.15) is 30.8 Å². The molecule has 2 amide bonds. The maximum atomic E-state index is 13.5. The molecule has 18 heteroatoms. The van der Waals surface area contributed by atoms with Crippen LogP contribution in [0.4, 0.5) is 9.18 Å². The molecule has 6 atom stereocenters. The Morgan fingerprint density at radius 1 is 0.894 bits per heavy atom. The first-order chi connectivity index (χ1) is 22.2. The van der Waals surface area contributed by atoms with Gasteiger partial charge in [-0.15, -0.1) is 5.10 Å². The summed E-state index contributed by atoms with van der Waals surface area (Å²) in [5.74, 6) is -4.40. The molecule has 1 fully saturated rings. The number of carbonyl (C=O) groups excluding carboxylic acids is 6. The molecule has 0 bridgehead atoms. The number of urea groups is 1.